The molecule has 2 nitrogen and oxygen atoms in total. The van der Waals surface area contributed by atoms with Gasteiger partial charge in [0.15, 0.2) is 0 Å². The molecule has 0 N–H and O–H groups in total. The molecule has 1 rings (SSSR count). The first kappa shape index (κ1) is 13.2. The minimum atomic E-state index is -5.50. The topological polar surface area (TPSA) is 18.5 Å². The second-order valence-corrected chi connectivity index (χ2v) is 3.14. The van der Waals surface area contributed by atoms with Gasteiger partial charge in [-0.1, -0.05) is 0 Å². The Labute approximate surface area is 84.6 Å². The SMILES string of the molecule is CC1(C(F)=C(F)F)OCC(F)(C(F)(F)F)O1. The third-order valence-electron chi connectivity index (χ3n) is 1.88. The zero-order valence-electron chi connectivity index (χ0n) is 7.67. The number of hydrogen-bond acceptors (Lipinski definition) is 2. The first-order valence-electron chi connectivity index (χ1n) is 3.83. The van der Waals surface area contributed by atoms with E-state index in [2.05, 4.69) is 9.47 Å². The van der Waals surface area contributed by atoms with E-state index in [1.807, 2.05) is 0 Å². The van der Waals surface area contributed by atoms with Crippen LogP contribution in [0.15, 0.2) is 11.9 Å². The molecule has 0 aliphatic carbocycles. The average molecular weight is 254 g/mol. The molecule has 16 heavy (non-hydrogen) atoms. The summed E-state index contributed by atoms with van der Waals surface area (Å²) < 4.78 is 93.1. The van der Waals surface area contributed by atoms with E-state index < -0.39 is 36.3 Å². The van der Waals surface area contributed by atoms with Crippen LogP contribution in [0.4, 0.5) is 30.7 Å². The molecule has 0 amide bonds. The lowest BCUT2D eigenvalue weighted by molar-refractivity contribution is -0.331. The molecular weight excluding hydrogens is 249 g/mol. The van der Waals surface area contributed by atoms with Gasteiger partial charge in [0.2, 0.25) is 11.6 Å². The Morgan fingerprint density at radius 3 is 2.00 bits per heavy atom. The maximum absolute atomic E-state index is 13.0. The average Bonchev–Trinajstić information content (AvgIpc) is 2.42. The highest BCUT2D eigenvalue weighted by atomic mass is 19.4. The van der Waals surface area contributed by atoms with E-state index in [4.69, 9.17) is 0 Å². The fourth-order valence-corrected chi connectivity index (χ4v) is 1.02. The summed E-state index contributed by atoms with van der Waals surface area (Å²) >= 11 is 0. The standard InChI is InChI=1S/C7H5F7O2/c1-5(3(8)4(9)10)15-2-6(11,16-5)7(12,13)14/h2H2,1H3. The number of hydrogen-bond donors (Lipinski definition) is 0. The maximum atomic E-state index is 13.0. The van der Waals surface area contributed by atoms with Crippen LogP contribution >= 0.6 is 0 Å². The molecule has 1 saturated heterocycles. The van der Waals surface area contributed by atoms with Crippen LogP contribution in [0.25, 0.3) is 0 Å². The Morgan fingerprint density at radius 2 is 1.69 bits per heavy atom. The lowest BCUT2D eigenvalue weighted by atomic mass is 10.3. The number of alkyl halides is 4. The zero-order chi connectivity index (χ0) is 12.8. The molecular formula is C7H5F7O2. The van der Waals surface area contributed by atoms with Crippen molar-refractivity contribution in [3.63, 3.8) is 0 Å². The molecule has 0 spiro atoms. The van der Waals surface area contributed by atoms with Crippen LogP contribution in [0, 0.1) is 0 Å². The van der Waals surface area contributed by atoms with Crippen molar-refractivity contribution in [2.24, 2.45) is 0 Å². The summed E-state index contributed by atoms with van der Waals surface area (Å²) in [4.78, 5) is 0. The van der Waals surface area contributed by atoms with Gasteiger partial charge in [-0.05, 0) is 6.92 Å². The lowest BCUT2D eigenvalue weighted by Crippen LogP contribution is -2.45. The van der Waals surface area contributed by atoms with Crippen LogP contribution in [0.5, 0.6) is 0 Å². The maximum Gasteiger partial charge on any atom is 0.450 e. The van der Waals surface area contributed by atoms with Crippen molar-refractivity contribution in [3.8, 4) is 0 Å². The molecule has 1 aliphatic rings. The predicted octanol–water partition coefficient (Wildman–Crippen LogP) is 3.06. The summed E-state index contributed by atoms with van der Waals surface area (Å²) in [7, 11) is 0. The summed E-state index contributed by atoms with van der Waals surface area (Å²) in [6.07, 6.45) is -8.44. The van der Waals surface area contributed by atoms with Crippen LogP contribution in [-0.4, -0.2) is 24.4 Å². The van der Waals surface area contributed by atoms with E-state index in [-0.39, 0.29) is 0 Å². The quantitative estimate of drug-likeness (QED) is 0.669. The first-order chi connectivity index (χ1) is 7.02. The molecule has 0 radical (unpaired) electrons. The van der Waals surface area contributed by atoms with Gasteiger partial charge < -0.3 is 4.74 Å². The zero-order valence-corrected chi connectivity index (χ0v) is 7.67. The predicted molar refractivity (Wildman–Crippen MR) is 35.7 cm³/mol. The van der Waals surface area contributed by atoms with Crippen LogP contribution in [0.3, 0.4) is 0 Å². The second kappa shape index (κ2) is 3.59. The van der Waals surface area contributed by atoms with Crippen LogP contribution in [0.1, 0.15) is 6.92 Å². The minimum Gasteiger partial charge on any atom is -0.338 e. The fraction of sp³-hybridized carbons (Fsp3) is 0.714. The van der Waals surface area contributed by atoms with Crippen molar-refractivity contribution in [2.45, 2.75) is 24.7 Å². The molecule has 0 aromatic carbocycles. The Morgan fingerprint density at radius 1 is 1.19 bits per heavy atom. The minimum absolute atomic E-state index is 0.425. The number of rotatable bonds is 1. The van der Waals surface area contributed by atoms with Gasteiger partial charge in [-0.2, -0.15) is 30.7 Å². The van der Waals surface area contributed by atoms with E-state index in [1.165, 1.54) is 0 Å². The molecule has 1 heterocycles. The van der Waals surface area contributed by atoms with Crippen molar-refractivity contribution < 1.29 is 40.2 Å². The van der Waals surface area contributed by atoms with Gasteiger partial charge in [0.05, 0.1) is 0 Å². The van der Waals surface area contributed by atoms with E-state index >= 15 is 0 Å². The molecule has 2 atom stereocenters. The van der Waals surface area contributed by atoms with E-state index in [0.717, 1.165) is 0 Å². The van der Waals surface area contributed by atoms with Gasteiger partial charge in [0.25, 0.3) is 0 Å². The van der Waals surface area contributed by atoms with Crippen molar-refractivity contribution in [1.82, 2.24) is 0 Å². The molecule has 1 fully saturated rings. The Balaban J connectivity index is 2.99. The second-order valence-electron chi connectivity index (χ2n) is 3.14. The Bertz CT molecular complexity index is 321. The van der Waals surface area contributed by atoms with Crippen molar-refractivity contribution in [2.75, 3.05) is 6.61 Å². The van der Waals surface area contributed by atoms with Gasteiger partial charge >= 0.3 is 18.1 Å². The van der Waals surface area contributed by atoms with Gasteiger partial charge in [-0.15, -0.1) is 0 Å². The van der Waals surface area contributed by atoms with Crippen molar-refractivity contribution >= 4 is 0 Å². The molecule has 0 aromatic rings. The summed E-state index contributed by atoms with van der Waals surface area (Å²) in [6.45, 7) is -1.29. The Hall–Kier alpha value is -0.830. The van der Waals surface area contributed by atoms with Crippen molar-refractivity contribution in [3.05, 3.63) is 11.9 Å². The van der Waals surface area contributed by atoms with E-state index in [1.54, 1.807) is 0 Å². The number of halogens is 7. The highest BCUT2D eigenvalue weighted by molar-refractivity contribution is 5.07. The molecule has 94 valence electrons. The van der Waals surface area contributed by atoms with E-state index in [9.17, 15) is 30.7 Å². The van der Waals surface area contributed by atoms with Gasteiger partial charge in [-0.3, -0.25) is 4.74 Å². The van der Waals surface area contributed by atoms with Gasteiger partial charge in [0.1, 0.15) is 6.61 Å². The summed E-state index contributed by atoms with van der Waals surface area (Å²) in [6, 6.07) is 0. The monoisotopic (exact) mass is 254 g/mol. The Kier molecular flexibility index (Phi) is 2.97. The fourth-order valence-electron chi connectivity index (χ4n) is 1.02. The summed E-state index contributed by atoms with van der Waals surface area (Å²) in [5.41, 5.74) is 0. The normalized spacial score (nSPS) is 35.2. The highest BCUT2D eigenvalue weighted by Gasteiger charge is 2.67. The van der Waals surface area contributed by atoms with Crippen LogP contribution < -0.4 is 0 Å². The summed E-state index contributed by atoms with van der Waals surface area (Å²) in [5, 5.41) is 0. The molecule has 0 aromatic heterocycles. The largest absolute Gasteiger partial charge is 0.450 e. The molecule has 2 unspecified atom stereocenters. The van der Waals surface area contributed by atoms with Gasteiger partial charge in [0, 0.05) is 0 Å². The third-order valence-corrected chi connectivity index (χ3v) is 1.88. The van der Waals surface area contributed by atoms with Crippen LogP contribution in [0.2, 0.25) is 0 Å². The van der Waals surface area contributed by atoms with Crippen LogP contribution in [-0.2, 0) is 9.47 Å². The molecule has 0 saturated carbocycles. The van der Waals surface area contributed by atoms with E-state index in [0.29, 0.717) is 6.92 Å². The third kappa shape index (κ3) is 2.01. The smallest absolute Gasteiger partial charge is 0.338 e. The summed E-state index contributed by atoms with van der Waals surface area (Å²) in [5.74, 6) is -9.76. The molecule has 1 aliphatic heterocycles. The number of ether oxygens (including phenoxy) is 2. The van der Waals surface area contributed by atoms with Crippen molar-refractivity contribution in [1.29, 1.82) is 0 Å². The lowest BCUT2D eigenvalue weighted by Gasteiger charge is -2.24. The highest BCUT2D eigenvalue weighted by Crippen LogP contribution is 2.47. The molecule has 0 bridgehead atoms. The van der Waals surface area contributed by atoms with Gasteiger partial charge in [-0.25, -0.2) is 0 Å². The molecule has 9 heteroatoms. The first-order valence-corrected chi connectivity index (χ1v) is 3.83.